The van der Waals surface area contributed by atoms with Crippen molar-refractivity contribution < 1.29 is 0 Å². The Bertz CT molecular complexity index is 3260. The number of nitrogens with zero attached hydrogens (tertiary/aromatic N) is 2. The minimum Gasteiger partial charge on any atom is -0.309 e. The van der Waals surface area contributed by atoms with Gasteiger partial charge in [0.1, 0.15) is 0 Å². The molecule has 0 radical (unpaired) electrons. The lowest BCUT2D eigenvalue weighted by Gasteiger charge is -2.16. The standard InChI is InChI=1S/C56H36N2/c1-3-15-35(16-4-1)45-31-39(33-49-41-21-9-7-19-37(41)29-47(45)49)57-51-25-13-11-23-43(51)55-53(57)27-28-54-56(55)44-24-12-14-26-52(44)58(54)40-32-46(36-17-5-2-6-18-36)48-30-38-20-8-10-22-42(38)50(48)34-40/h1-28,31-34H,29-30H2. The third kappa shape index (κ3) is 4.43. The summed E-state index contributed by atoms with van der Waals surface area (Å²) >= 11 is 0. The molecule has 0 spiro atoms. The molecule has 2 nitrogen and oxygen atoms in total. The first-order valence-electron chi connectivity index (χ1n) is 20.4. The van der Waals surface area contributed by atoms with E-state index in [0.717, 1.165) is 12.8 Å². The third-order valence-electron chi connectivity index (χ3n) is 13.0. The molecule has 2 heteroatoms. The quantitative estimate of drug-likeness (QED) is 0.170. The van der Waals surface area contributed by atoms with Gasteiger partial charge in [0.25, 0.3) is 0 Å². The second kappa shape index (κ2) is 12.0. The fourth-order valence-electron chi connectivity index (χ4n) is 10.5. The van der Waals surface area contributed by atoms with E-state index >= 15 is 0 Å². The van der Waals surface area contributed by atoms with Crippen LogP contribution in [-0.4, -0.2) is 9.13 Å². The highest BCUT2D eigenvalue weighted by Gasteiger charge is 2.27. The van der Waals surface area contributed by atoms with Gasteiger partial charge in [-0.1, -0.05) is 146 Å². The molecule has 0 bridgehead atoms. The molecule has 58 heavy (non-hydrogen) atoms. The monoisotopic (exact) mass is 736 g/mol. The van der Waals surface area contributed by atoms with Gasteiger partial charge >= 0.3 is 0 Å². The topological polar surface area (TPSA) is 9.86 Å². The summed E-state index contributed by atoms with van der Waals surface area (Å²) < 4.78 is 5.04. The van der Waals surface area contributed by atoms with Crippen LogP contribution in [0.25, 0.3) is 99.5 Å². The number of hydrogen-bond donors (Lipinski definition) is 0. The van der Waals surface area contributed by atoms with Crippen LogP contribution in [0.1, 0.15) is 22.3 Å². The van der Waals surface area contributed by atoms with Crippen LogP contribution in [0.4, 0.5) is 0 Å². The van der Waals surface area contributed by atoms with Crippen molar-refractivity contribution in [2.75, 3.05) is 0 Å². The average molecular weight is 737 g/mol. The van der Waals surface area contributed by atoms with Crippen molar-refractivity contribution in [3.63, 3.8) is 0 Å². The summed E-state index contributed by atoms with van der Waals surface area (Å²) in [5, 5.41) is 5.11. The van der Waals surface area contributed by atoms with Crippen LogP contribution in [0, 0.1) is 0 Å². The molecule has 0 N–H and O–H groups in total. The van der Waals surface area contributed by atoms with Gasteiger partial charge in [-0.2, -0.15) is 0 Å². The lowest BCUT2D eigenvalue weighted by atomic mass is 9.94. The molecule has 2 aliphatic carbocycles. The van der Waals surface area contributed by atoms with E-state index in [1.807, 2.05) is 0 Å². The Morgan fingerprint density at radius 2 is 0.672 bits per heavy atom. The highest BCUT2D eigenvalue weighted by molar-refractivity contribution is 6.29. The minimum atomic E-state index is 0.948. The zero-order chi connectivity index (χ0) is 37.9. The van der Waals surface area contributed by atoms with Crippen LogP contribution in [0.5, 0.6) is 0 Å². The molecule has 0 unspecified atom stereocenters. The van der Waals surface area contributed by atoms with Crippen molar-refractivity contribution in [2.45, 2.75) is 12.8 Å². The summed E-state index contributed by atoms with van der Waals surface area (Å²) in [5.74, 6) is 0. The Hall–Kier alpha value is -7.42. The lowest BCUT2D eigenvalue weighted by molar-refractivity contribution is 1.16. The molecule has 2 aliphatic rings. The molecular weight excluding hydrogens is 701 g/mol. The molecule has 2 aromatic heterocycles. The maximum Gasteiger partial charge on any atom is 0.0548 e. The largest absolute Gasteiger partial charge is 0.309 e. The molecule has 13 rings (SSSR count). The first-order valence-corrected chi connectivity index (χ1v) is 20.4. The number of rotatable bonds is 4. The average Bonchev–Trinajstić information content (AvgIpc) is 4.04. The summed E-state index contributed by atoms with van der Waals surface area (Å²) in [6.45, 7) is 0. The SMILES string of the molecule is c1ccc(-c2cc(-n3c4ccccc4c4c5c6ccccc6n(-c6cc(-c7ccccc7)c7c(c6)-c6ccccc6C7)c5ccc43)cc3c2Cc2ccccc2-3)cc1. The minimum absolute atomic E-state index is 0.948. The molecule has 2 heterocycles. The van der Waals surface area contributed by atoms with Crippen LogP contribution in [0.2, 0.25) is 0 Å². The Morgan fingerprint density at radius 3 is 1.14 bits per heavy atom. The van der Waals surface area contributed by atoms with Crippen molar-refractivity contribution in [2.24, 2.45) is 0 Å². The maximum atomic E-state index is 2.52. The number of para-hydroxylation sites is 2. The van der Waals surface area contributed by atoms with Crippen LogP contribution in [0.3, 0.4) is 0 Å². The Balaban J connectivity index is 1.11. The summed E-state index contributed by atoms with van der Waals surface area (Å²) in [7, 11) is 0. The van der Waals surface area contributed by atoms with Gasteiger partial charge in [-0.15, -0.1) is 0 Å². The highest BCUT2D eigenvalue weighted by atomic mass is 15.0. The van der Waals surface area contributed by atoms with Crippen LogP contribution in [-0.2, 0) is 12.8 Å². The van der Waals surface area contributed by atoms with E-state index in [1.54, 1.807) is 0 Å². The molecule has 0 fully saturated rings. The normalized spacial score (nSPS) is 12.7. The molecule has 9 aromatic carbocycles. The zero-order valence-corrected chi connectivity index (χ0v) is 31.8. The van der Waals surface area contributed by atoms with E-state index in [0.29, 0.717) is 0 Å². The van der Waals surface area contributed by atoms with Crippen molar-refractivity contribution in [1.29, 1.82) is 0 Å². The van der Waals surface area contributed by atoms with Crippen molar-refractivity contribution >= 4 is 43.6 Å². The van der Waals surface area contributed by atoms with Crippen LogP contribution < -0.4 is 0 Å². The van der Waals surface area contributed by atoms with Gasteiger partial charge in [0.2, 0.25) is 0 Å². The van der Waals surface area contributed by atoms with Gasteiger partial charge in [-0.05, 0) is 128 Å². The van der Waals surface area contributed by atoms with Gasteiger partial charge in [0.15, 0.2) is 0 Å². The summed E-state index contributed by atoms with van der Waals surface area (Å²) in [6, 6.07) is 72.3. The first-order chi connectivity index (χ1) is 28.8. The molecule has 270 valence electrons. The fraction of sp³-hybridized carbons (Fsp3) is 0.0357. The molecular formula is C56H36N2. The number of aromatic nitrogens is 2. The molecule has 0 amide bonds. The zero-order valence-electron chi connectivity index (χ0n) is 31.8. The predicted molar refractivity (Wildman–Crippen MR) is 242 cm³/mol. The lowest BCUT2D eigenvalue weighted by Crippen LogP contribution is -1.98. The summed E-state index contributed by atoms with van der Waals surface area (Å²) in [4.78, 5) is 0. The van der Waals surface area contributed by atoms with E-state index < -0.39 is 0 Å². The predicted octanol–water partition coefficient (Wildman–Crippen LogP) is 14.4. The van der Waals surface area contributed by atoms with Crippen LogP contribution in [0.15, 0.2) is 194 Å². The smallest absolute Gasteiger partial charge is 0.0548 e. The van der Waals surface area contributed by atoms with E-state index in [2.05, 4.69) is 203 Å². The van der Waals surface area contributed by atoms with Crippen molar-refractivity contribution in [3.05, 3.63) is 216 Å². The molecule has 11 aromatic rings. The Kier molecular flexibility index (Phi) is 6.59. The van der Waals surface area contributed by atoms with Crippen molar-refractivity contribution in [3.8, 4) is 55.9 Å². The van der Waals surface area contributed by atoms with E-state index in [4.69, 9.17) is 0 Å². The van der Waals surface area contributed by atoms with Gasteiger partial charge < -0.3 is 9.13 Å². The number of benzene rings is 9. The molecule has 0 saturated heterocycles. The van der Waals surface area contributed by atoms with Gasteiger partial charge in [0, 0.05) is 32.9 Å². The fourth-order valence-corrected chi connectivity index (χ4v) is 10.5. The molecule has 0 saturated carbocycles. The second-order valence-electron chi connectivity index (χ2n) is 16.0. The van der Waals surface area contributed by atoms with Gasteiger partial charge in [-0.25, -0.2) is 0 Å². The Labute approximate surface area is 336 Å². The maximum absolute atomic E-state index is 2.52. The van der Waals surface area contributed by atoms with Gasteiger partial charge in [0.05, 0.1) is 22.1 Å². The Morgan fingerprint density at radius 1 is 0.293 bits per heavy atom. The third-order valence-corrected chi connectivity index (χ3v) is 13.0. The van der Waals surface area contributed by atoms with E-state index in [-0.39, 0.29) is 0 Å². The number of hydrogen-bond acceptors (Lipinski definition) is 0. The van der Waals surface area contributed by atoms with Crippen molar-refractivity contribution in [1.82, 2.24) is 9.13 Å². The van der Waals surface area contributed by atoms with E-state index in [9.17, 15) is 0 Å². The molecule has 0 aliphatic heterocycles. The number of fused-ring (bicyclic) bond motifs is 13. The molecule has 0 atom stereocenters. The summed E-state index contributed by atoms with van der Waals surface area (Å²) in [6.07, 6.45) is 1.90. The van der Waals surface area contributed by atoms with E-state index in [1.165, 1.54) is 122 Å². The highest BCUT2D eigenvalue weighted by Crippen LogP contribution is 2.48. The second-order valence-corrected chi connectivity index (χ2v) is 16.0. The first kappa shape index (κ1) is 31.7. The van der Waals surface area contributed by atoms with Gasteiger partial charge in [-0.3, -0.25) is 0 Å². The summed E-state index contributed by atoms with van der Waals surface area (Å²) in [5.41, 5.74) is 23.3. The van der Waals surface area contributed by atoms with Crippen LogP contribution >= 0.6 is 0 Å².